The zero-order valence-corrected chi connectivity index (χ0v) is 26.0. The van der Waals surface area contributed by atoms with Gasteiger partial charge in [-0.3, -0.25) is 9.59 Å². The number of unbranched alkanes of at least 4 members (excludes halogenated alkanes) is 14. The molecule has 0 aromatic carbocycles. The number of hydrogen-bond acceptors (Lipinski definition) is 8. The van der Waals surface area contributed by atoms with E-state index in [4.69, 9.17) is 14.2 Å². The number of carbonyl (C=O) groups is 2. The van der Waals surface area contributed by atoms with Gasteiger partial charge < -0.3 is 34.6 Å². The molecule has 0 aliphatic carbocycles. The Morgan fingerprint density at radius 2 is 1.12 bits per heavy atom. The highest BCUT2D eigenvalue weighted by molar-refractivity contribution is 5.72. The van der Waals surface area contributed by atoms with Crippen LogP contribution in [0.4, 0.5) is 0 Å². The predicted octanol–water partition coefficient (Wildman–Crippen LogP) is 6.04. The van der Waals surface area contributed by atoms with Crippen LogP contribution in [-0.4, -0.2) is 75.3 Å². The lowest BCUT2D eigenvalue weighted by Crippen LogP contribution is -2.58. The summed E-state index contributed by atoms with van der Waals surface area (Å²) < 4.78 is 17.2. The Bertz CT molecular complexity index is 674. The number of aliphatic hydroxyl groups is 3. The molecule has 0 aromatic rings. The first-order valence-corrected chi connectivity index (χ1v) is 16.5. The molecular formula is C32H60O9. The van der Waals surface area contributed by atoms with E-state index >= 15 is 0 Å². The summed E-state index contributed by atoms with van der Waals surface area (Å²) in [5, 5.41) is 40.0. The van der Waals surface area contributed by atoms with Gasteiger partial charge in [0.05, 0.1) is 25.0 Å². The number of aliphatic hydroxyl groups excluding tert-OH is 3. The molecule has 0 spiro atoms. The third kappa shape index (κ3) is 17.5. The van der Waals surface area contributed by atoms with Crippen LogP contribution in [0.25, 0.3) is 0 Å². The van der Waals surface area contributed by atoms with Crippen molar-refractivity contribution >= 4 is 11.9 Å². The van der Waals surface area contributed by atoms with E-state index in [0.29, 0.717) is 12.8 Å². The van der Waals surface area contributed by atoms with Gasteiger partial charge in [-0.15, -0.1) is 0 Å². The van der Waals surface area contributed by atoms with Gasteiger partial charge in [-0.2, -0.15) is 0 Å². The largest absolute Gasteiger partial charge is 0.481 e. The quantitative estimate of drug-likeness (QED) is 0.0741. The number of ether oxygens (including phenoxy) is 3. The first kappa shape index (κ1) is 37.8. The fourth-order valence-corrected chi connectivity index (χ4v) is 5.36. The maximum Gasteiger partial charge on any atom is 0.308 e. The summed E-state index contributed by atoms with van der Waals surface area (Å²) in [7, 11) is 0. The van der Waals surface area contributed by atoms with Gasteiger partial charge in [-0.05, 0) is 26.2 Å². The summed E-state index contributed by atoms with van der Waals surface area (Å²) in [6.07, 6.45) is 11.2. The molecule has 1 aliphatic rings. The van der Waals surface area contributed by atoms with Crippen LogP contribution in [0, 0.1) is 0 Å². The number of carboxylic acids is 1. The monoisotopic (exact) mass is 588 g/mol. The summed E-state index contributed by atoms with van der Waals surface area (Å²) >= 11 is 0. The summed E-state index contributed by atoms with van der Waals surface area (Å²) in [5.41, 5.74) is 0. The van der Waals surface area contributed by atoms with Crippen LogP contribution in [0.5, 0.6) is 0 Å². The van der Waals surface area contributed by atoms with Crippen molar-refractivity contribution in [3.8, 4) is 0 Å². The van der Waals surface area contributed by atoms with Crippen molar-refractivity contribution in [1.82, 2.24) is 0 Å². The molecule has 0 aromatic heterocycles. The number of rotatable bonds is 25. The Morgan fingerprint density at radius 3 is 1.61 bits per heavy atom. The van der Waals surface area contributed by atoms with Crippen LogP contribution in [0.3, 0.4) is 0 Å². The number of carbonyl (C=O) groups excluding carboxylic acids is 1. The van der Waals surface area contributed by atoms with Crippen LogP contribution >= 0.6 is 0 Å². The van der Waals surface area contributed by atoms with Crippen LogP contribution in [0.15, 0.2) is 0 Å². The molecule has 1 aliphatic heterocycles. The molecule has 4 unspecified atom stereocenters. The number of hydrogen-bond donors (Lipinski definition) is 4. The molecule has 1 rings (SSSR count). The van der Waals surface area contributed by atoms with E-state index < -0.39 is 54.9 Å². The molecule has 0 bridgehead atoms. The first-order valence-electron chi connectivity index (χ1n) is 16.5. The highest BCUT2D eigenvalue weighted by Crippen LogP contribution is 2.25. The first-order chi connectivity index (χ1) is 19.7. The lowest BCUT2D eigenvalue weighted by atomic mass is 9.99. The van der Waals surface area contributed by atoms with Crippen LogP contribution < -0.4 is 0 Å². The number of esters is 1. The van der Waals surface area contributed by atoms with Crippen LogP contribution in [0.1, 0.15) is 149 Å². The Hall–Kier alpha value is -1.26. The Labute approximate surface area is 248 Å². The molecule has 9 heteroatoms. The Kier molecular flexibility index (Phi) is 21.4. The van der Waals surface area contributed by atoms with Crippen molar-refractivity contribution in [1.29, 1.82) is 0 Å². The molecule has 41 heavy (non-hydrogen) atoms. The average Bonchev–Trinajstić information content (AvgIpc) is 2.92. The van der Waals surface area contributed by atoms with Gasteiger partial charge in [0, 0.05) is 0 Å². The van der Waals surface area contributed by atoms with E-state index in [1.54, 1.807) is 6.92 Å². The summed E-state index contributed by atoms with van der Waals surface area (Å²) in [4.78, 5) is 24.3. The molecule has 9 nitrogen and oxygen atoms in total. The smallest absolute Gasteiger partial charge is 0.308 e. The standard InChI is InChI=1S/C32H60O9/c1-4-6-8-10-12-13-15-17-19-21-26(41-32-31(38)30(37)29(36)24(3)39-32)23-28(35)40-25(22-27(33)34)20-18-16-14-11-9-7-5-2/h24-26,29-32,36-38H,4-23H2,1-3H3,(H,33,34)/t24?,25?,26?,29-,30-,31?,32-/m0/s1. The van der Waals surface area contributed by atoms with Crippen molar-refractivity contribution in [3.05, 3.63) is 0 Å². The molecule has 0 radical (unpaired) electrons. The molecule has 0 amide bonds. The SMILES string of the molecule is CCCCCCCCCCCC(CC(=O)OC(CCCCCCCCC)CC(=O)O)O[C@@H]1OC(C)[C@H](O)[C@H](O)C1O. The van der Waals surface area contributed by atoms with Gasteiger partial charge in [0.1, 0.15) is 24.4 Å². The summed E-state index contributed by atoms with van der Waals surface area (Å²) in [5.74, 6) is -1.55. The minimum atomic E-state index is -1.46. The zero-order valence-electron chi connectivity index (χ0n) is 26.0. The van der Waals surface area contributed by atoms with Crippen molar-refractivity contribution in [2.24, 2.45) is 0 Å². The highest BCUT2D eigenvalue weighted by atomic mass is 16.7. The van der Waals surface area contributed by atoms with Crippen molar-refractivity contribution in [3.63, 3.8) is 0 Å². The predicted molar refractivity (Wildman–Crippen MR) is 158 cm³/mol. The van der Waals surface area contributed by atoms with Crippen LogP contribution in [-0.2, 0) is 23.8 Å². The molecule has 242 valence electrons. The second kappa shape index (κ2) is 23.2. The topological polar surface area (TPSA) is 143 Å². The van der Waals surface area contributed by atoms with E-state index in [1.807, 2.05) is 0 Å². The third-order valence-electron chi connectivity index (χ3n) is 7.99. The maximum absolute atomic E-state index is 12.9. The molecular weight excluding hydrogens is 528 g/mol. The van der Waals surface area contributed by atoms with Crippen molar-refractivity contribution in [2.45, 2.75) is 192 Å². The minimum Gasteiger partial charge on any atom is -0.481 e. The normalized spacial score (nSPS) is 24.2. The highest BCUT2D eigenvalue weighted by Gasteiger charge is 2.43. The van der Waals surface area contributed by atoms with Crippen molar-refractivity contribution < 1.29 is 44.2 Å². The van der Waals surface area contributed by atoms with Gasteiger partial charge in [-0.25, -0.2) is 0 Å². The molecule has 4 N–H and O–H groups in total. The Balaban J connectivity index is 2.64. The van der Waals surface area contributed by atoms with Crippen LogP contribution in [0.2, 0.25) is 0 Å². The van der Waals surface area contributed by atoms with Gasteiger partial charge in [0.15, 0.2) is 6.29 Å². The number of aliphatic carboxylic acids is 1. The van der Waals surface area contributed by atoms with Gasteiger partial charge >= 0.3 is 11.9 Å². The Morgan fingerprint density at radius 1 is 0.659 bits per heavy atom. The lowest BCUT2D eigenvalue weighted by molar-refractivity contribution is -0.304. The summed E-state index contributed by atoms with van der Waals surface area (Å²) in [6.45, 7) is 5.97. The van der Waals surface area contributed by atoms with E-state index in [2.05, 4.69) is 13.8 Å². The second-order valence-corrected chi connectivity index (χ2v) is 11.9. The maximum atomic E-state index is 12.9. The van der Waals surface area contributed by atoms with E-state index in [9.17, 15) is 30.0 Å². The second-order valence-electron chi connectivity index (χ2n) is 11.9. The van der Waals surface area contributed by atoms with E-state index in [-0.39, 0.29) is 12.8 Å². The fourth-order valence-electron chi connectivity index (χ4n) is 5.36. The molecule has 0 saturated carbocycles. The molecule has 1 heterocycles. The van der Waals surface area contributed by atoms with Gasteiger partial charge in [0.25, 0.3) is 0 Å². The van der Waals surface area contributed by atoms with Gasteiger partial charge in [-0.1, -0.05) is 110 Å². The van der Waals surface area contributed by atoms with Gasteiger partial charge in [0.2, 0.25) is 0 Å². The lowest BCUT2D eigenvalue weighted by Gasteiger charge is -2.40. The van der Waals surface area contributed by atoms with E-state index in [1.165, 1.54) is 57.8 Å². The molecule has 7 atom stereocenters. The summed E-state index contributed by atoms with van der Waals surface area (Å²) in [6, 6.07) is 0. The zero-order chi connectivity index (χ0) is 30.5. The third-order valence-corrected chi connectivity index (χ3v) is 7.99. The fraction of sp³-hybridized carbons (Fsp3) is 0.938. The molecule has 1 saturated heterocycles. The minimum absolute atomic E-state index is 0.107. The van der Waals surface area contributed by atoms with E-state index in [0.717, 1.165) is 44.9 Å². The van der Waals surface area contributed by atoms with Crippen molar-refractivity contribution in [2.75, 3.05) is 0 Å². The molecule has 1 fully saturated rings. The average molecular weight is 589 g/mol. The number of carboxylic acid groups (broad SMARTS) is 1.